The molecule has 0 aromatic carbocycles. The maximum absolute atomic E-state index is 12.0. The lowest BCUT2D eigenvalue weighted by molar-refractivity contribution is -0.138. The summed E-state index contributed by atoms with van der Waals surface area (Å²) in [6.45, 7) is 3.36. The lowest BCUT2D eigenvalue weighted by Crippen LogP contribution is -2.48. The first-order chi connectivity index (χ1) is 9.65. The minimum Gasteiger partial charge on any atom is -0.481 e. The van der Waals surface area contributed by atoms with Crippen LogP contribution in [0.4, 0.5) is 0 Å². The van der Waals surface area contributed by atoms with Gasteiger partial charge in [0.05, 0.1) is 6.42 Å². The fourth-order valence-corrected chi connectivity index (χ4v) is 2.71. The van der Waals surface area contributed by atoms with Gasteiger partial charge in [-0.3, -0.25) is 14.5 Å². The molecule has 1 N–H and O–H groups in total. The van der Waals surface area contributed by atoms with Crippen LogP contribution in [0.5, 0.6) is 0 Å². The number of hydrogen-bond acceptors (Lipinski definition) is 4. The summed E-state index contributed by atoms with van der Waals surface area (Å²) in [5.41, 5.74) is 0. The highest BCUT2D eigenvalue weighted by Gasteiger charge is 2.19. The molecule has 1 fully saturated rings. The van der Waals surface area contributed by atoms with E-state index in [1.807, 2.05) is 23.6 Å². The average Bonchev–Trinajstić information content (AvgIpc) is 2.96. The molecule has 1 aliphatic rings. The van der Waals surface area contributed by atoms with Crippen molar-refractivity contribution in [1.82, 2.24) is 9.80 Å². The van der Waals surface area contributed by atoms with Crippen LogP contribution in [0.1, 0.15) is 11.3 Å². The lowest BCUT2D eigenvalue weighted by Gasteiger charge is -2.33. The van der Waals surface area contributed by atoms with E-state index in [9.17, 15) is 9.59 Å². The average molecular weight is 294 g/mol. The number of hydrogen-bond donors (Lipinski definition) is 1. The molecule has 0 spiro atoms. The molecule has 108 valence electrons. The largest absolute Gasteiger partial charge is 0.481 e. The molecule has 1 aromatic rings. The van der Waals surface area contributed by atoms with Gasteiger partial charge in [0.25, 0.3) is 0 Å². The van der Waals surface area contributed by atoms with Crippen LogP contribution < -0.4 is 0 Å². The van der Waals surface area contributed by atoms with E-state index in [1.54, 1.807) is 22.3 Å². The van der Waals surface area contributed by atoms with Crippen molar-refractivity contribution in [2.45, 2.75) is 6.42 Å². The fourth-order valence-electron chi connectivity index (χ4n) is 2.09. The summed E-state index contributed by atoms with van der Waals surface area (Å²) in [5, 5.41) is 10.6. The van der Waals surface area contributed by atoms with Crippen LogP contribution in [0.3, 0.4) is 0 Å². The predicted molar refractivity (Wildman–Crippen MR) is 78.6 cm³/mol. The summed E-state index contributed by atoms with van der Waals surface area (Å²) in [7, 11) is 0. The number of rotatable bonds is 5. The monoisotopic (exact) mass is 294 g/mol. The van der Waals surface area contributed by atoms with E-state index in [0.29, 0.717) is 19.6 Å². The van der Waals surface area contributed by atoms with Gasteiger partial charge in [0.1, 0.15) is 0 Å². The molecule has 20 heavy (non-hydrogen) atoms. The standard InChI is InChI=1S/C14H18N2O3S/c17-13(4-3-12-2-1-11-20-12)16-9-7-15(8-10-16)6-5-14(18)19/h1-4,11H,5-10H2,(H,18,19)/b4-3+. The number of carboxylic acid groups (broad SMARTS) is 1. The summed E-state index contributed by atoms with van der Waals surface area (Å²) in [6.07, 6.45) is 3.61. The highest BCUT2D eigenvalue weighted by Crippen LogP contribution is 2.11. The number of piperazine rings is 1. The normalized spacial score (nSPS) is 16.7. The van der Waals surface area contributed by atoms with E-state index in [0.717, 1.165) is 18.0 Å². The molecular weight excluding hydrogens is 276 g/mol. The second kappa shape index (κ2) is 7.21. The van der Waals surface area contributed by atoms with Crippen molar-refractivity contribution in [1.29, 1.82) is 0 Å². The van der Waals surface area contributed by atoms with Gasteiger partial charge in [-0.25, -0.2) is 0 Å². The van der Waals surface area contributed by atoms with Gasteiger partial charge in [-0.15, -0.1) is 11.3 Å². The summed E-state index contributed by atoms with van der Waals surface area (Å²) >= 11 is 1.60. The first kappa shape index (κ1) is 14.7. The molecule has 0 saturated carbocycles. The smallest absolute Gasteiger partial charge is 0.304 e. The van der Waals surface area contributed by atoms with Crippen molar-refractivity contribution in [3.8, 4) is 0 Å². The van der Waals surface area contributed by atoms with E-state index >= 15 is 0 Å². The number of amides is 1. The van der Waals surface area contributed by atoms with Gasteiger partial charge in [-0.05, 0) is 17.5 Å². The van der Waals surface area contributed by atoms with Crippen molar-refractivity contribution in [2.24, 2.45) is 0 Å². The van der Waals surface area contributed by atoms with E-state index < -0.39 is 5.97 Å². The third kappa shape index (κ3) is 4.47. The first-order valence-electron chi connectivity index (χ1n) is 6.60. The topological polar surface area (TPSA) is 60.9 Å². The Kier molecular flexibility index (Phi) is 5.31. The molecule has 2 heterocycles. The Hall–Kier alpha value is -1.66. The van der Waals surface area contributed by atoms with Gasteiger partial charge in [-0.1, -0.05) is 6.07 Å². The van der Waals surface area contributed by atoms with Gasteiger partial charge in [0, 0.05) is 43.7 Å². The Morgan fingerprint density at radius 3 is 2.65 bits per heavy atom. The molecule has 6 heteroatoms. The zero-order valence-corrected chi connectivity index (χ0v) is 12.0. The molecule has 0 bridgehead atoms. The third-order valence-corrected chi connectivity index (χ3v) is 4.10. The van der Waals surface area contributed by atoms with E-state index in [-0.39, 0.29) is 12.3 Å². The fraction of sp³-hybridized carbons (Fsp3) is 0.429. The Bertz CT molecular complexity index is 477. The van der Waals surface area contributed by atoms with E-state index in [2.05, 4.69) is 4.90 Å². The van der Waals surface area contributed by atoms with Crippen LogP contribution in [0.25, 0.3) is 6.08 Å². The Morgan fingerprint density at radius 1 is 1.30 bits per heavy atom. The number of aliphatic carboxylic acids is 1. The summed E-state index contributed by atoms with van der Waals surface area (Å²) in [4.78, 5) is 27.5. The van der Waals surface area contributed by atoms with Crippen LogP contribution in [0.2, 0.25) is 0 Å². The highest BCUT2D eigenvalue weighted by molar-refractivity contribution is 7.10. The molecular formula is C14H18N2O3S. The van der Waals surface area contributed by atoms with Crippen LogP contribution in [-0.4, -0.2) is 59.5 Å². The zero-order valence-electron chi connectivity index (χ0n) is 11.2. The van der Waals surface area contributed by atoms with Gasteiger partial charge in [-0.2, -0.15) is 0 Å². The van der Waals surface area contributed by atoms with Gasteiger partial charge < -0.3 is 10.0 Å². The van der Waals surface area contributed by atoms with Crippen molar-refractivity contribution in [2.75, 3.05) is 32.7 Å². The summed E-state index contributed by atoms with van der Waals surface area (Å²) in [5.74, 6) is -0.751. The van der Waals surface area contributed by atoms with Crippen LogP contribution >= 0.6 is 11.3 Å². The van der Waals surface area contributed by atoms with Gasteiger partial charge in [0.15, 0.2) is 0 Å². The van der Waals surface area contributed by atoms with Crippen molar-refractivity contribution in [3.63, 3.8) is 0 Å². The van der Waals surface area contributed by atoms with Crippen LogP contribution in [-0.2, 0) is 9.59 Å². The first-order valence-corrected chi connectivity index (χ1v) is 7.48. The minimum absolute atomic E-state index is 0.0243. The number of nitrogens with zero attached hydrogens (tertiary/aromatic N) is 2. The summed E-state index contributed by atoms with van der Waals surface area (Å²) in [6, 6.07) is 3.92. The molecule has 1 aromatic heterocycles. The molecule has 1 aliphatic heterocycles. The molecule has 0 aliphatic carbocycles. The molecule has 1 saturated heterocycles. The molecule has 1 amide bonds. The van der Waals surface area contributed by atoms with Crippen molar-refractivity contribution in [3.05, 3.63) is 28.5 Å². The Labute approximate surface area is 122 Å². The lowest BCUT2D eigenvalue weighted by atomic mass is 10.2. The SMILES string of the molecule is O=C(O)CCN1CCN(C(=O)/C=C/c2cccs2)CC1. The maximum Gasteiger partial charge on any atom is 0.304 e. The number of thiophene rings is 1. The van der Waals surface area contributed by atoms with Crippen molar-refractivity contribution < 1.29 is 14.7 Å². The minimum atomic E-state index is -0.776. The molecule has 0 unspecified atom stereocenters. The third-order valence-electron chi connectivity index (χ3n) is 3.26. The second-order valence-electron chi connectivity index (χ2n) is 4.66. The van der Waals surface area contributed by atoms with E-state index in [4.69, 9.17) is 5.11 Å². The maximum atomic E-state index is 12.0. The Morgan fingerprint density at radius 2 is 2.05 bits per heavy atom. The molecule has 0 atom stereocenters. The number of carbonyl (C=O) groups is 2. The van der Waals surface area contributed by atoms with Gasteiger partial charge in [0.2, 0.25) is 5.91 Å². The Balaban J connectivity index is 1.75. The number of carbonyl (C=O) groups excluding carboxylic acids is 1. The molecule has 5 nitrogen and oxygen atoms in total. The second-order valence-corrected chi connectivity index (χ2v) is 5.64. The predicted octanol–water partition coefficient (Wildman–Crippen LogP) is 1.38. The van der Waals surface area contributed by atoms with Crippen LogP contribution in [0, 0.1) is 0 Å². The van der Waals surface area contributed by atoms with Crippen molar-refractivity contribution >= 4 is 29.3 Å². The zero-order chi connectivity index (χ0) is 14.4. The summed E-state index contributed by atoms with van der Waals surface area (Å²) < 4.78 is 0. The van der Waals surface area contributed by atoms with E-state index in [1.165, 1.54) is 0 Å². The van der Waals surface area contributed by atoms with Gasteiger partial charge >= 0.3 is 5.97 Å². The van der Waals surface area contributed by atoms with Crippen LogP contribution in [0.15, 0.2) is 23.6 Å². The quantitative estimate of drug-likeness (QED) is 0.834. The molecule has 2 rings (SSSR count). The molecule has 0 radical (unpaired) electrons. The highest BCUT2D eigenvalue weighted by atomic mass is 32.1. The number of carboxylic acids is 1.